The van der Waals surface area contributed by atoms with E-state index in [0.29, 0.717) is 12.0 Å². The molecule has 2 atom stereocenters. The van der Waals surface area contributed by atoms with Crippen LogP contribution in [0.2, 0.25) is 0 Å². The van der Waals surface area contributed by atoms with Crippen LogP contribution in [0.15, 0.2) is 36.4 Å². The van der Waals surface area contributed by atoms with Gasteiger partial charge in [-0.05, 0) is 66.8 Å². The van der Waals surface area contributed by atoms with Crippen LogP contribution in [0.4, 0.5) is 4.39 Å². The van der Waals surface area contributed by atoms with Gasteiger partial charge in [0.05, 0.1) is 11.4 Å². The van der Waals surface area contributed by atoms with Gasteiger partial charge in [0, 0.05) is 22.7 Å². The van der Waals surface area contributed by atoms with Crippen molar-refractivity contribution in [1.29, 1.82) is 0 Å². The fourth-order valence-electron chi connectivity index (χ4n) is 4.11. The molecule has 2 N–H and O–H groups in total. The van der Waals surface area contributed by atoms with E-state index in [9.17, 15) is 19.4 Å². The molecule has 2 aromatic carbocycles. The average Bonchev–Trinajstić information content (AvgIpc) is 3.32. The van der Waals surface area contributed by atoms with E-state index in [4.69, 9.17) is 0 Å². The summed E-state index contributed by atoms with van der Waals surface area (Å²) in [6, 6.07) is 10.2. The molecule has 1 heterocycles. The summed E-state index contributed by atoms with van der Waals surface area (Å²) in [4.78, 5) is 11.5. The number of rotatable bonds is 4. The first-order valence-corrected chi connectivity index (χ1v) is 9.16. The number of carboxylic acids is 1. The van der Waals surface area contributed by atoms with Crippen LogP contribution in [0.5, 0.6) is 5.75 Å². The summed E-state index contributed by atoms with van der Waals surface area (Å²) < 4.78 is 15.9. The summed E-state index contributed by atoms with van der Waals surface area (Å²) in [6.07, 6.45) is 0.603. The van der Waals surface area contributed by atoms with Gasteiger partial charge < -0.3 is 14.8 Å². The first kappa shape index (κ1) is 17.6. The van der Waals surface area contributed by atoms with Crippen LogP contribution < -0.4 is 0 Å². The Labute approximate surface area is 156 Å². The molecule has 3 aromatic rings. The number of halogens is 1. The summed E-state index contributed by atoms with van der Waals surface area (Å²) in [5.41, 5.74) is 4.31. The van der Waals surface area contributed by atoms with Crippen LogP contribution in [0.1, 0.15) is 48.9 Å². The van der Waals surface area contributed by atoms with Crippen molar-refractivity contribution < 1.29 is 19.4 Å². The molecule has 4 rings (SSSR count). The number of aryl methyl sites for hydroxylation is 1. The minimum atomic E-state index is -0.784. The number of fused-ring (bicyclic) bond motifs is 1. The zero-order valence-electron chi connectivity index (χ0n) is 15.5. The Balaban J connectivity index is 2.05. The number of phenols is 1. The third-order valence-corrected chi connectivity index (χ3v) is 5.45. The molecule has 1 fully saturated rings. The van der Waals surface area contributed by atoms with E-state index < -0.39 is 5.97 Å². The number of hydrogen-bond acceptors (Lipinski definition) is 2. The van der Waals surface area contributed by atoms with Crippen LogP contribution in [-0.2, 0) is 4.79 Å². The molecule has 0 saturated heterocycles. The first-order chi connectivity index (χ1) is 12.8. The van der Waals surface area contributed by atoms with Gasteiger partial charge in [-0.3, -0.25) is 4.79 Å². The molecule has 0 spiro atoms. The topological polar surface area (TPSA) is 62.5 Å². The smallest absolute Gasteiger partial charge is 0.307 e. The fourth-order valence-corrected chi connectivity index (χ4v) is 4.11. The lowest BCUT2D eigenvalue weighted by Crippen LogP contribution is -2.06. The van der Waals surface area contributed by atoms with E-state index in [1.54, 1.807) is 31.2 Å². The predicted molar refractivity (Wildman–Crippen MR) is 102 cm³/mol. The number of hydrogen-bond donors (Lipinski definition) is 2. The second kappa shape index (κ2) is 6.12. The fraction of sp³-hybridized carbons (Fsp3) is 0.318. The Hall–Kier alpha value is -2.82. The van der Waals surface area contributed by atoms with E-state index in [-0.39, 0.29) is 29.3 Å². The van der Waals surface area contributed by atoms with Crippen molar-refractivity contribution in [2.45, 2.75) is 39.0 Å². The third-order valence-electron chi connectivity index (χ3n) is 5.45. The molecule has 0 unspecified atom stereocenters. The first-order valence-electron chi connectivity index (χ1n) is 9.16. The van der Waals surface area contributed by atoms with Gasteiger partial charge in [-0.15, -0.1) is 0 Å². The highest BCUT2D eigenvalue weighted by Crippen LogP contribution is 2.53. The normalized spacial score (nSPS) is 19.0. The van der Waals surface area contributed by atoms with Gasteiger partial charge in [0.25, 0.3) is 0 Å². The van der Waals surface area contributed by atoms with Crippen LogP contribution in [-0.4, -0.2) is 20.7 Å². The average molecular weight is 367 g/mol. The number of aromatic hydroxyl groups is 1. The molecular weight excluding hydrogens is 345 g/mol. The van der Waals surface area contributed by atoms with E-state index in [0.717, 1.165) is 27.8 Å². The highest BCUT2D eigenvalue weighted by Gasteiger charge is 2.47. The largest absolute Gasteiger partial charge is 0.508 e. The van der Waals surface area contributed by atoms with Gasteiger partial charge in [0.2, 0.25) is 0 Å². The van der Waals surface area contributed by atoms with Crippen molar-refractivity contribution in [3.8, 4) is 11.4 Å². The SMILES string of the molecule is Cc1cc(-n2c(C(C)C)c([C@@H]3C[C@H]3C(=O)O)c3cc(O)ccc32)ccc1F. The summed E-state index contributed by atoms with van der Waals surface area (Å²) in [5, 5.41) is 20.4. The molecule has 5 heteroatoms. The minimum Gasteiger partial charge on any atom is -0.508 e. The molecule has 0 amide bonds. The van der Waals surface area contributed by atoms with Crippen molar-refractivity contribution in [3.63, 3.8) is 0 Å². The maximum absolute atomic E-state index is 13.8. The lowest BCUT2D eigenvalue weighted by atomic mass is 9.98. The summed E-state index contributed by atoms with van der Waals surface area (Å²) in [5.74, 6) is -1.21. The molecule has 4 nitrogen and oxygen atoms in total. The standard InChI is InChI=1S/C22H22FNO3/c1-11(2)21-20(15-10-16(15)22(26)27)17-9-14(25)5-7-19(17)24(21)13-4-6-18(23)12(3)8-13/h4-9,11,15-16,25H,10H2,1-3H3,(H,26,27)/t15-,16-/m1/s1. The summed E-state index contributed by atoms with van der Waals surface area (Å²) in [6.45, 7) is 5.87. The number of phenolic OH excluding ortho intramolecular Hbond substituents is 1. The van der Waals surface area contributed by atoms with Crippen LogP contribution in [0.25, 0.3) is 16.6 Å². The Morgan fingerprint density at radius 1 is 1.22 bits per heavy atom. The number of benzene rings is 2. The van der Waals surface area contributed by atoms with Gasteiger partial charge in [0.15, 0.2) is 0 Å². The van der Waals surface area contributed by atoms with Crippen LogP contribution in [0, 0.1) is 18.7 Å². The monoisotopic (exact) mass is 367 g/mol. The highest BCUT2D eigenvalue weighted by atomic mass is 19.1. The summed E-state index contributed by atoms with van der Waals surface area (Å²) in [7, 11) is 0. The van der Waals surface area contributed by atoms with Crippen molar-refractivity contribution >= 4 is 16.9 Å². The number of carboxylic acid groups (broad SMARTS) is 1. The number of carbonyl (C=O) groups is 1. The molecule has 0 bridgehead atoms. The molecule has 1 saturated carbocycles. The zero-order chi connectivity index (χ0) is 19.5. The lowest BCUT2D eigenvalue weighted by Gasteiger charge is -2.16. The van der Waals surface area contributed by atoms with Gasteiger partial charge in [-0.25, -0.2) is 4.39 Å². The Morgan fingerprint density at radius 2 is 1.96 bits per heavy atom. The minimum absolute atomic E-state index is 0.0630. The Morgan fingerprint density at radius 3 is 2.56 bits per heavy atom. The van der Waals surface area contributed by atoms with Crippen molar-refractivity contribution in [2.24, 2.45) is 5.92 Å². The highest BCUT2D eigenvalue weighted by molar-refractivity contribution is 5.91. The van der Waals surface area contributed by atoms with Crippen molar-refractivity contribution in [2.75, 3.05) is 0 Å². The van der Waals surface area contributed by atoms with E-state index in [1.807, 2.05) is 6.07 Å². The second-order valence-electron chi connectivity index (χ2n) is 7.71. The number of aliphatic carboxylic acids is 1. The Bertz CT molecular complexity index is 1070. The number of nitrogens with zero attached hydrogens (tertiary/aromatic N) is 1. The zero-order valence-corrected chi connectivity index (χ0v) is 15.5. The quantitative estimate of drug-likeness (QED) is 0.675. The van der Waals surface area contributed by atoms with Crippen LogP contribution >= 0.6 is 0 Å². The van der Waals surface area contributed by atoms with E-state index in [2.05, 4.69) is 18.4 Å². The van der Waals surface area contributed by atoms with Crippen molar-refractivity contribution in [1.82, 2.24) is 4.57 Å². The maximum Gasteiger partial charge on any atom is 0.307 e. The van der Waals surface area contributed by atoms with E-state index >= 15 is 0 Å². The number of aromatic nitrogens is 1. The molecule has 140 valence electrons. The van der Waals surface area contributed by atoms with Gasteiger partial charge in [-0.1, -0.05) is 13.8 Å². The summed E-state index contributed by atoms with van der Waals surface area (Å²) >= 11 is 0. The lowest BCUT2D eigenvalue weighted by molar-refractivity contribution is -0.138. The molecule has 1 aliphatic carbocycles. The molecule has 1 aliphatic rings. The molecule has 0 aliphatic heterocycles. The maximum atomic E-state index is 13.8. The van der Waals surface area contributed by atoms with E-state index in [1.165, 1.54) is 6.07 Å². The van der Waals surface area contributed by atoms with Gasteiger partial charge in [0.1, 0.15) is 11.6 Å². The molecule has 0 radical (unpaired) electrons. The van der Waals surface area contributed by atoms with Gasteiger partial charge >= 0.3 is 5.97 Å². The van der Waals surface area contributed by atoms with Crippen molar-refractivity contribution in [3.05, 3.63) is 59.0 Å². The predicted octanol–water partition coefficient (Wildman–Crippen LogP) is 5.10. The molecular formula is C22H22FNO3. The third kappa shape index (κ3) is 2.78. The molecule has 1 aromatic heterocycles. The second-order valence-corrected chi connectivity index (χ2v) is 7.71. The van der Waals surface area contributed by atoms with Crippen LogP contribution in [0.3, 0.4) is 0 Å². The van der Waals surface area contributed by atoms with Gasteiger partial charge in [-0.2, -0.15) is 0 Å². The Kier molecular flexibility index (Phi) is 3.98. The molecule has 27 heavy (non-hydrogen) atoms.